The largest absolute Gasteiger partial charge is 0.416 e. The molecule has 32 heavy (non-hydrogen) atoms. The number of piperazine rings is 1. The third-order valence-electron chi connectivity index (χ3n) is 5.38. The monoisotopic (exact) mass is 497 g/mol. The molecule has 2 saturated heterocycles. The number of ether oxygens (including phenoxy) is 1. The van der Waals surface area contributed by atoms with Crippen molar-refractivity contribution in [3.8, 4) is 0 Å². The molecule has 178 valence electrons. The van der Waals surface area contributed by atoms with E-state index in [2.05, 4.69) is 0 Å². The lowest BCUT2D eigenvalue weighted by Gasteiger charge is -2.34. The lowest BCUT2D eigenvalue weighted by Crippen LogP contribution is -2.50. The number of amides is 2. The summed E-state index contributed by atoms with van der Waals surface area (Å²) < 4.78 is 70.9. The van der Waals surface area contributed by atoms with E-state index < -0.39 is 26.7 Å². The Labute approximate surface area is 188 Å². The molecule has 2 amide bonds. The van der Waals surface area contributed by atoms with Crippen LogP contribution in [0.2, 0.25) is 5.02 Å². The van der Waals surface area contributed by atoms with Crippen LogP contribution in [0.15, 0.2) is 23.1 Å². The van der Waals surface area contributed by atoms with Crippen molar-refractivity contribution >= 4 is 33.4 Å². The van der Waals surface area contributed by atoms with Gasteiger partial charge in [0.05, 0.1) is 23.8 Å². The van der Waals surface area contributed by atoms with E-state index in [1.807, 2.05) is 0 Å². The number of morpholine rings is 1. The summed E-state index contributed by atoms with van der Waals surface area (Å²) >= 11 is 5.88. The number of sulfonamides is 1. The second kappa shape index (κ2) is 9.94. The Morgan fingerprint density at radius 1 is 0.938 bits per heavy atom. The van der Waals surface area contributed by atoms with Crippen LogP contribution in [0.5, 0.6) is 0 Å². The molecule has 1 aromatic carbocycles. The molecule has 2 heterocycles. The standard InChI is InChI=1S/C19H23ClF3N3O5S/c20-15-2-1-14(19(21,22)23)13-16(15)32(29,30)26-7-5-24(6-8-26)17(27)3-4-18(28)25-9-11-31-12-10-25/h1-2,13H,3-12H2. The molecule has 0 aromatic heterocycles. The molecule has 2 fully saturated rings. The lowest BCUT2D eigenvalue weighted by molar-refractivity contribution is -0.139. The minimum Gasteiger partial charge on any atom is -0.378 e. The summed E-state index contributed by atoms with van der Waals surface area (Å²) in [6, 6.07) is 2.14. The first-order valence-electron chi connectivity index (χ1n) is 10.0. The number of rotatable bonds is 5. The van der Waals surface area contributed by atoms with E-state index in [0.29, 0.717) is 32.4 Å². The van der Waals surface area contributed by atoms with Crippen LogP contribution in [0.3, 0.4) is 0 Å². The van der Waals surface area contributed by atoms with E-state index in [4.69, 9.17) is 16.3 Å². The highest BCUT2D eigenvalue weighted by molar-refractivity contribution is 7.89. The average Bonchev–Trinajstić information content (AvgIpc) is 2.77. The van der Waals surface area contributed by atoms with Gasteiger partial charge in [-0.05, 0) is 18.2 Å². The van der Waals surface area contributed by atoms with Crippen molar-refractivity contribution in [3.63, 3.8) is 0 Å². The molecule has 0 bridgehead atoms. The van der Waals surface area contributed by atoms with Crippen molar-refractivity contribution < 1.29 is 35.9 Å². The predicted octanol–water partition coefficient (Wildman–Crippen LogP) is 1.83. The number of alkyl halides is 3. The first-order chi connectivity index (χ1) is 15.0. The molecule has 0 N–H and O–H groups in total. The quantitative estimate of drug-likeness (QED) is 0.619. The van der Waals surface area contributed by atoms with Gasteiger partial charge < -0.3 is 14.5 Å². The van der Waals surface area contributed by atoms with E-state index in [0.717, 1.165) is 16.4 Å². The maximum atomic E-state index is 13.0. The SMILES string of the molecule is O=C(CCC(=O)N1CCN(S(=O)(=O)c2cc(C(F)(F)F)ccc2Cl)CC1)N1CCOCC1. The Balaban J connectivity index is 1.58. The van der Waals surface area contributed by atoms with Crippen LogP contribution >= 0.6 is 11.6 Å². The Morgan fingerprint density at radius 3 is 2.00 bits per heavy atom. The second-order valence-corrected chi connectivity index (χ2v) is 9.73. The van der Waals surface area contributed by atoms with Gasteiger partial charge in [-0.25, -0.2) is 8.42 Å². The van der Waals surface area contributed by atoms with Crippen LogP contribution in [0.1, 0.15) is 18.4 Å². The summed E-state index contributed by atoms with van der Waals surface area (Å²) in [6.07, 6.45) is -4.65. The van der Waals surface area contributed by atoms with Crippen molar-refractivity contribution in [2.75, 3.05) is 52.5 Å². The second-order valence-electron chi connectivity index (χ2n) is 7.42. The van der Waals surface area contributed by atoms with Crippen molar-refractivity contribution in [2.24, 2.45) is 0 Å². The zero-order valence-corrected chi connectivity index (χ0v) is 18.7. The molecule has 8 nitrogen and oxygen atoms in total. The highest BCUT2D eigenvalue weighted by Gasteiger charge is 2.36. The van der Waals surface area contributed by atoms with Crippen molar-refractivity contribution in [1.29, 1.82) is 0 Å². The number of benzene rings is 1. The fourth-order valence-corrected chi connectivity index (χ4v) is 5.46. The van der Waals surface area contributed by atoms with Gasteiger partial charge in [0, 0.05) is 52.1 Å². The van der Waals surface area contributed by atoms with E-state index in [1.54, 1.807) is 4.90 Å². The maximum absolute atomic E-state index is 13.0. The Kier molecular flexibility index (Phi) is 7.69. The van der Waals surface area contributed by atoms with Gasteiger partial charge in [0.1, 0.15) is 4.90 Å². The average molecular weight is 498 g/mol. The van der Waals surface area contributed by atoms with E-state index in [-0.39, 0.29) is 55.9 Å². The fourth-order valence-electron chi connectivity index (χ4n) is 3.54. The topological polar surface area (TPSA) is 87.2 Å². The minimum absolute atomic E-state index is 0.00238. The molecule has 0 atom stereocenters. The zero-order valence-electron chi connectivity index (χ0n) is 17.1. The van der Waals surface area contributed by atoms with Gasteiger partial charge in [-0.3, -0.25) is 9.59 Å². The number of carbonyl (C=O) groups excluding carboxylic acids is 2. The summed E-state index contributed by atoms with van der Waals surface area (Å²) in [5, 5.41) is -0.307. The van der Waals surface area contributed by atoms with Gasteiger partial charge in [-0.2, -0.15) is 17.5 Å². The zero-order chi connectivity index (χ0) is 23.5. The summed E-state index contributed by atoms with van der Waals surface area (Å²) in [6.45, 7) is 1.87. The van der Waals surface area contributed by atoms with Gasteiger partial charge in [-0.1, -0.05) is 11.6 Å². The first kappa shape index (κ1) is 24.7. The minimum atomic E-state index is -4.71. The smallest absolute Gasteiger partial charge is 0.378 e. The van der Waals surface area contributed by atoms with Crippen LogP contribution in [-0.4, -0.2) is 86.8 Å². The normalized spacial score (nSPS) is 18.6. The maximum Gasteiger partial charge on any atom is 0.416 e. The molecule has 2 aliphatic heterocycles. The molecule has 0 aliphatic carbocycles. The van der Waals surface area contributed by atoms with E-state index in [1.165, 1.54) is 4.90 Å². The predicted molar refractivity (Wildman–Crippen MR) is 108 cm³/mol. The van der Waals surface area contributed by atoms with Crippen LogP contribution in [-0.2, 0) is 30.5 Å². The molecule has 0 spiro atoms. The van der Waals surface area contributed by atoms with Gasteiger partial charge in [0.2, 0.25) is 21.8 Å². The summed E-state index contributed by atoms with van der Waals surface area (Å²) in [5.41, 5.74) is -1.11. The Bertz CT molecular complexity index is 959. The fraction of sp³-hybridized carbons (Fsp3) is 0.579. The Hall–Kier alpha value is -1.89. The molecule has 0 radical (unpaired) electrons. The van der Waals surface area contributed by atoms with E-state index >= 15 is 0 Å². The number of nitrogens with zero attached hydrogens (tertiary/aromatic N) is 3. The van der Waals surface area contributed by atoms with Crippen LogP contribution in [0.25, 0.3) is 0 Å². The first-order valence-corrected chi connectivity index (χ1v) is 11.8. The van der Waals surface area contributed by atoms with Gasteiger partial charge in [0.15, 0.2) is 0 Å². The van der Waals surface area contributed by atoms with Crippen LogP contribution in [0, 0.1) is 0 Å². The van der Waals surface area contributed by atoms with Gasteiger partial charge in [-0.15, -0.1) is 0 Å². The van der Waals surface area contributed by atoms with Crippen LogP contribution in [0.4, 0.5) is 13.2 Å². The molecule has 13 heteroatoms. The number of hydrogen-bond acceptors (Lipinski definition) is 5. The van der Waals surface area contributed by atoms with Crippen LogP contribution < -0.4 is 0 Å². The van der Waals surface area contributed by atoms with Gasteiger partial charge >= 0.3 is 6.18 Å². The molecule has 2 aliphatic rings. The molecule has 0 unspecified atom stereocenters. The van der Waals surface area contributed by atoms with Crippen molar-refractivity contribution in [2.45, 2.75) is 23.9 Å². The summed E-state index contributed by atoms with van der Waals surface area (Å²) in [5.74, 6) is -0.414. The lowest BCUT2D eigenvalue weighted by atomic mass is 10.2. The number of halogens is 4. The van der Waals surface area contributed by atoms with E-state index in [9.17, 15) is 31.2 Å². The molecular formula is C19H23ClF3N3O5S. The summed E-state index contributed by atoms with van der Waals surface area (Å²) in [4.78, 5) is 27.1. The molecule has 3 rings (SSSR count). The van der Waals surface area contributed by atoms with Gasteiger partial charge in [0.25, 0.3) is 0 Å². The summed E-state index contributed by atoms with van der Waals surface area (Å²) in [7, 11) is -4.27. The van der Waals surface area contributed by atoms with Crippen molar-refractivity contribution in [1.82, 2.24) is 14.1 Å². The highest BCUT2D eigenvalue weighted by atomic mass is 35.5. The molecule has 0 saturated carbocycles. The third kappa shape index (κ3) is 5.72. The Morgan fingerprint density at radius 2 is 1.47 bits per heavy atom. The molecular weight excluding hydrogens is 475 g/mol. The molecule has 1 aromatic rings. The van der Waals surface area contributed by atoms with Crippen molar-refractivity contribution in [3.05, 3.63) is 28.8 Å². The third-order valence-corrected chi connectivity index (χ3v) is 7.76. The number of hydrogen-bond donors (Lipinski definition) is 0. The highest BCUT2D eigenvalue weighted by Crippen LogP contribution is 2.34. The number of carbonyl (C=O) groups is 2.